The Kier molecular flexibility index (Phi) is 3.19. The van der Waals surface area contributed by atoms with Gasteiger partial charge in [-0.05, 0) is 27.3 Å². The smallest absolute Gasteiger partial charge is 0.0795 e. The molecule has 0 aliphatic carbocycles. The molecule has 0 saturated carbocycles. The molecule has 1 fully saturated rings. The molecular weight excluding hydrogens is 194 g/mol. The van der Waals surface area contributed by atoms with Crippen molar-refractivity contribution in [1.29, 1.82) is 0 Å². The first kappa shape index (κ1) is 11.9. The summed E-state index contributed by atoms with van der Waals surface area (Å²) in [4.78, 5) is 3.10. The highest BCUT2D eigenvalue weighted by molar-refractivity contribution is 7.80. The van der Waals surface area contributed by atoms with Gasteiger partial charge in [-0.1, -0.05) is 12.2 Å². The maximum atomic E-state index is 6.23. The summed E-state index contributed by atoms with van der Waals surface area (Å²) in [5, 5.41) is 3.35. The highest BCUT2D eigenvalue weighted by Crippen LogP contribution is 2.27. The molecule has 1 saturated heterocycles. The Morgan fingerprint density at radius 3 is 2.57 bits per heavy atom. The summed E-state index contributed by atoms with van der Waals surface area (Å²) >= 11 is 5.33. The van der Waals surface area contributed by atoms with E-state index in [4.69, 9.17) is 18.0 Å². The summed E-state index contributed by atoms with van der Waals surface area (Å²) in [6, 6.07) is 0. The average Bonchev–Trinajstić information content (AvgIpc) is 2.08. The van der Waals surface area contributed by atoms with E-state index < -0.39 is 0 Å². The molecule has 82 valence electrons. The van der Waals surface area contributed by atoms with Crippen LogP contribution in [0, 0.1) is 0 Å². The van der Waals surface area contributed by atoms with Gasteiger partial charge in [-0.2, -0.15) is 0 Å². The zero-order chi connectivity index (χ0) is 11.0. The lowest BCUT2D eigenvalue weighted by Gasteiger charge is -2.35. The highest BCUT2D eigenvalue weighted by atomic mass is 32.1. The number of likely N-dealkylation sites (N-methyl/N-ethyl adjacent to an activating group) is 2. The molecule has 1 rings (SSSR count). The minimum absolute atomic E-state index is 0.0544. The number of nitrogens with two attached hydrogens (primary N) is 1. The lowest BCUT2D eigenvalue weighted by molar-refractivity contribution is 0.256. The van der Waals surface area contributed by atoms with Crippen LogP contribution in [0.2, 0.25) is 0 Å². The Bertz CT molecular complexity index is 240. The van der Waals surface area contributed by atoms with E-state index in [1.165, 1.54) is 0 Å². The molecule has 3 nitrogen and oxygen atoms in total. The van der Waals surface area contributed by atoms with Gasteiger partial charge in [-0.25, -0.2) is 0 Å². The zero-order valence-electron chi connectivity index (χ0n) is 9.55. The maximum absolute atomic E-state index is 6.23. The predicted molar refractivity (Wildman–Crippen MR) is 64.5 cm³/mol. The van der Waals surface area contributed by atoms with Gasteiger partial charge in [-0.3, -0.25) is 0 Å². The fourth-order valence-corrected chi connectivity index (χ4v) is 2.66. The van der Waals surface area contributed by atoms with Crippen molar-refractivity contribution in [1.82, 2.24) is 10.2 Å². The Morgan fingerprint density at radius 2 is 2.07 bits per heavy atom. The number of nitrogens with zero attached hydrogens (tertiary/aromatic N) is 1. The summed E-state index contributed by atoms with van der Waals surface area (Å²) in [6.07, 6.45) is 1.75. The fourth-order valence-electron chi connectivity index (χ4n) is 2.27. The van der Waals surface area contributed by atoms with Crippen molar-refractivity contribution in [2.24, 2.45) is 5.73 Å². The third kappa shape index (κ3) is 2.65. The maximum Gasteiger partial charge on any atom is 0.0795 e. The SMILES string of the molecule is CNC1(C)CN(C)C(=S)CC(C)(N)C1. The molecule has 0 aromatic rings. The highest BCUT2D eigenvalue weighted by Gasteiger charge is 2.37. The second-order valence-electron chi connectivity index (χ2n) is 5.07. The van der Waals surface area contributed by atoms with Crippen LogP contribution in [0.25, 0.3) is 0 Å². The van der Waals surface area contributed by atoms with E-state index in [1.807, 2.05) is 14.1 Å². The standard InChI is InChI=1S/C10H21N3S/c1-9(11)5-8(14)13(4)7-10(2,6-9)12-3/h12H,5-7,11H2,1-4H3. The van der Waals surface area contributed by atoms with E-state index in [-0.39, 0.29) is 11.1 Å². The summed E-state index contributed by atoms with van der Waals surface area (Å²) in [5.74, 6) is 0. The molecule has 0 spiro atoms. The van der Waals surface area contributed by atoms with Gasteiger partial charge in [0.2, 0.25) is 0 Å². The van der Waals surface area contributed by atoms with Gasteiger partial charge >= 0.3 is 0 Å². The molecule has 0 radical (unpaired) electrons. The molecule has 4 heteroatoms. The third-order valence-corrected chi connectivity index (χ3v) is 3.42. The van der Waals surface area contributed by atoms with Crippen molar-refractivity contribution in [2.75, 3.05) is 20.6 Å². The molecular formula is C10H21N3S. The summed E-state index contributed by atoms with van der Waals surface area (Å²) in [6.45, 7) is 5.20. The molecule has 1 aliphatic rings. The second kappa shape index (κ2) is 3.76. The van der Waals surface area contributed by atoms with E-state index in [2.05, 4.69) is 24.1 Å². The first-order chi connectivity index (χ1) is 6.28. The van der Waals surface area contributed by atoms with Crippen molar-refractivity contribution in [3.63, 3.8) is 0 Å². The molecule has 0 aromatic carbocycles. The van der Waals surface area contributed by atoms with Crippen molar-refractivity contribution in [3.05, 3.63) is 0 Å². The van der Waals surface area contributed by atoms with Crippen molar-refractivity contribution in [2.45, 2.75) is 37.8 Å². The Hall–Kier alpha value is -0.190. The average molecular weight is 215 g/mol. The number of rotatable bonds is 1. The van der Waals surface area contributed by atoms with Crippen LogP contribution in [-0.2, 0) is 0 Å². The number of likely N-dealkylation sites (tertiary alicyclic amines) is 1. The zero-order valence-corrected chi connectivity index (χ0v) is 10.4. The van der Waals surface area contributed by atoms with Crippen molar-refractivity contribution in [3.8, 4) is 0 Å². The van der Waals surface area contributed by atoms with Crippen molar-refractivity contribution < 1.29 is 0 Å². The first-order valence-corrected chi connectivity index (χ1v) is 5.41. The molecule has 3 N–H and O–H groups in total. The Labute approximate surface area is 92.0 Å². The first-order valence-electron chi connectivity index (χ1n) is 5.00. The summed E-state index contributed by atoms with van der Waals surface area (Å²) in [7, 11) is 4.03. The van der Waals surface area contributed by atoms with E-state index in [0.717, 1.165) is 24.4 Å². The molecule has 0 aromatic heterocycles. The van der Waals surface area contributed by atoms with Crippen LogP contribution in [0.5, 0.6) is 0 Å². The van der Waals surface area contributed by atoms with Crippen LogP contribution in [0.15, 0.2) is 0 Å². The molecule has 1 heterocycles. The summed E-state index contributed by atoms with van der Waals surface area (Å²) < 4.78 is 0. The fraction of sp³-hybridized carbons (Fsp3) is 0.900. The lowest BCUT2D eigenvalue weighted by atomic mass is 9.84. The molecule has 14 heavy (non-hydrogen) atoms. The van der Waals surface area contributed by atoms with Gasteiger partial charge in [-0.15, -0.1) is 0 Å². The van der Waals surface area contributed by atoms with Gasteiger partial charge in [0.1, 0.15) is 0 Å². The topological polar surface area (TPSA) is 41.3 Å². The monoisotopic (exact) mass is 215 g/mol. The molecule has 2 unspecified atom stereocenters. The molecule has 1 aliphatic heterocycles. The van der Waals surface area contributed by atoms with E-state index in [0.29, 0.717) is 0 Å². The van der Waals surface area contributed by atoms with E-state index in [9.17, 15) is 0 Å². The third-order valence-electron chi connectivity index (χ3n) is 2.96. The molecule has 0 bridgehead atoms. The van der Waals surface area contributed by atoms with Crippen LogP contribution < -0.4 is 11.1 Å². The lowest BCUT2D eigenvalue weighted by Crippen LogP contribution is -2.52. The van der Waals surface area contributed by atoms with Gasteiger partial charge in [0.25, 0.3) is 0 Å². The second-order valence-corrected chi connectivity index (χ2v) is 5.54. The van der Waals surface area contributed by atoms with Crippen LogP contribution in [0.1, 0.15) is 26.7 Å². The minimum atomic E-state index is -0.195. The Balaban J connectivity index is 2.90. The van der Waals surface area contributed by atoms with Crippen LogP contribution in [0.3, 0.4) is 0 Å². The molecule has 0 amide bonds. The van der Waals surface area contributed by atoms with Gasteiger partial charge in [0.15, 0.2) is 0 Å². The normalized spacial score (nSPS) is 39.8. The quantitative estimate of drug-likeness (QED) is 0.633. The van der Waals surface area contributed by atoms with Gasteiger partial charge in [0, 0.05) is 31.1 Å². The minimum Gasteiger partial charge on any atom is -0.367 e. The van der Waals surface area contributed by atoms with Crippen LogP contribution in [0.4, 0.5) is 0 Å². The van der Waals surface area contributed by atoms with Gasteiger partial charge < -0.3 is 16.0 Å². The number of hydrogen-bond acceptors (Lipinski definition) is 3. The van der Waals surface area contributed by atoms with Crippen LogP contribution >= 0.6 is 12.2 Å². The van der Waals surface area contributed by atoms with E-state index >= 15 is 0 Å². The largest absolute Gasteiger partial charge is 0.367 e. The number of thiocarbonyl (C=S) groups is 1. The van der Waals surface area contributed by atoms with Gasteiger partial charge in [0.05, 0.1) is 4.99 Å². The summed E-state index contributed by atoms with van der Waals surface area (Å²) in [5.41, 5.74) is 6.09. The predicted octanol–water partition coefficient (Wildman–Crippen LogP) is 0.735. The number of nitrogens with one attached hydrogen (secondary N) is 1. The number of hydrogen-bond donors (Lipinski definition) is 2. The van der Waals surface area contributed by atoms with E-state index in [1.54, 1.807) is 0 Å². The van der Waals surface area contributed by atoms with Crippen molar-refractivity contribution >= 4 is 17.2 Å². The molecule has 2 atom stereocenters. The van der Waals surface area contributed by atoms with Crippen LogP contribution in [-0.4, -0.2) is 41.6 Å². The Morgan fingerprint density at radius 1 is 1.50 bits per heavy atom.